The first-order valence-corrected chi connectivity index (χ1v) is 10.0. The van der Waals surface area contributed by atoms with Gasteiger partial charge in [-0.3, -0.25) is 9.69 Å². The number of rotatable bonds is 6. The highest BCUT2D eigenvalue weighted by molar-refractivity contribution is 6.31. The molecule has 3 rings (SSSR count). The van der Waals surface area contributed by atoms with E-state index in [-0.39, 0.29) is 11.8 Å². The van der Waals surface area contributed by atoms with E-state index < -0.39 is 0 Å². The molecule has 1 aromatic carbocycles. The van der Waals surface area contributed by atoms with E-state index in [4.69, 9.17) is 11.6 Å². The van der Waals surface area contributed by atoms with Gasteiger partial charge in [-0.2, -0.15) is 0 Å². The molecule has 1 amide bonds. The predicted molar refractivity (Wildman–Crippen MR) is 104 cm³/mol. The fourth-order valence-corrected chi connectivity index (χ4v) is 4.10. The van der Waals surface area contributed by atoms with Crippen molar-refractivity contribution in [1.82, 2.24) is 10.2 Å². The summed E-state index contributed by atoms with van der Waals surface area (Å²) in [5, 5.41) is 3.98. The van der Waals surface area contributed by atoms with Crippen LogP contribution in [0.4, 0.5) is 0 Å². The van der Waals surface area contributed by atoms with Gasteiger partial charge in [0.15, 0.2) is 0 Å². The van der Waals surface area contributed by atoms with E-state index in [1.54, 1.807) is 0 Å². The maximum atomic E-state index is 12.5. The lowest BCUT2D eigenvalue weighted by Crippen LogP contribution is -2.43. The number of halogens is 1. The average Bonchev–Trinajstić information content (AvgIpc) is 2.65. The van der Waals surface area contributed by atoms with Gasteiger partial charge in [-0.25, -0.2) is 0 Å². The first-order valence-electron chi connectivity index (χ1n) is 9.64. The molecule has 0 saturated carbocycles. The van der Waals surface area contributed by atoms with Crippen LogP contribution in [0, 0.1) is 5.92 Å². The summed E-state index contributed by atoms with van der Waals surface area (Å²) >= 11 is 6.27. The van der Waals surface area contributed by atoms with Crippen molar-refractivity contribution in [3.8, 4) is 0 Å². The second-order valence-corrected chi connectivity index (χ2v) is 7.72. The van der Waals surface area contributed by atoms with Crippen LogP contribution in [-0.2, 0) is 11.3 Å². The molecule has 1 aliphatic heterocycles. The standard InChI is InChI=1S/C21H29ClN2O/c22-20-11-5-4-9-18(20)15-24-14-6-10-19(16-24)21(25)23-13-12-17-7-2-1-3-8-17/h4-5,7,9,11,19H,1-3,6,8,10,12-16H2,(H,23,25)/t19-/m1/s1. The SMILES string of the molecule is O=C(NCCC1=CCCCC1)[C@@H]1CCCN(Cc2ccccc2Cl)C1. The van der Waals surface area contributed by atoms with Gasteiger partial charge in [0.25, 0.3) is 0 Å². The molecule has 0 aromatic heterocycles. The minimum atomic E-state index is 0.108. The Bertz CT molecular complexity index is 614. The quantitative estimate of drug-likeness (QED) is 0.754. The number of carbonyl (C=O) groups excluding carboxylic acids is 1. The Balaban J connectivity index is 1.44. The van der Waals surface area contributed by atoms with Gasteiger partial charge in [-0.1, -0.05) is 41.4 Å². The van der Waals surface area contributed by atoms with E-state index in [0.717, 1.165) is 56.0 Å². The van der Waals surface area contributed by atoms with E-state index in [9.17, 15) is 4.79 Å². The molecule has 4 heteroatoms. The van der Waals surface area contributed by atoms with Crippen LogP contribution in [0.3, 0.4) is 0 Å². The van der Waals surface area contributed by atoms with Crippen LogP contribution >= 0.6 is 11.6 Å². The lowest BCUT2D eigenvalue weighted by atomic mass is 9.95. The van der Waals surface area contributed by atoms with Crippen molar-refractivity contribution in [2.24, 2.45) is 5.92 Å². The highest BCUT2D eigenvalue weighted by Crippen LogP contribution is 2.23. The number of hydrogen-bond donors (Lipinski definition) is 1. The Morgan fingerprint density at radius 3 is 2.92 bits per heavy atom. The molecule has 1 N–H and O–H groups in total. The van der Waals surface area contributed by atoms with Gasteiger partial charge in [0.1, 0.15) is 0 Å². The zero-order chi connectivity index (χ0) is 17.5. The van der Waals surface area contributed by atoms with Crippen LogP contribution < -0.4 is 5.32 Å². The minimum Gasteiger partial charge on any atom is -0.356 e. The first kappa shape index (κ1) is 18.5. The normalized spacial score (nSPS) is 21.6. The summed E-state index contributed by atoms with van der Waals surface area (Å²) in [5.74, 6) is 0.330. The van der Waals surface area contributed by atoms with Gasteiger partial charge in [0.05, 0.1) is 5.92 Å². The van der Waals surface area contributed by atoms with Crippen molar-refractivity contribution in [3.63, 3.8) is 0 Å². The zero-order valence-electron chi connectivity index (χ0n) is 15.0. The first-order chi connectivity index (χ1) is 12.2. The number of amides is 1. The lowest BCUT2D eigenvalue weighted by Gasteiger charge is -2.32. The number of likely N-dealkylation sites (tertiary alicyclic amines) is 1. The van der Waals surface area contributed by atoms with Crippen LogP contribution in [0.2, 0.25) is 5.02 Å². The molecule has 1 saturated heterocycles. The molecule has 0 radical (unpaired) electrons. The maximum Gasteiger partial charge on any atom is 0.224 e. The third-order valence-corrected chi connectivity index (χ3v) is 5.73. The Hall–Kier alpha value is -1.32. The molecule has 1 heterocycles. The van der Waals surface area contributed by atoms with Crippen molar-refractivity contribution in [1.29, 1.82) is 0 Å². The van der Waals surface area contributed by atoms with Gasteiger partial charge < -0.3 is 5.32 Å². The molecule has 0 spiro atoms. The summed E-state index contributed by atoms with van der Waals surface area (Å²) in [6, 6.07) is 7.99. The van der Waals surface area contributed by atoms with Gasteiger partial charge in [-0.05, 0) is 63.1 Å². The molecule has 1 fully saturated rings. The molecule has 25 heavy (non-hydrogen) atoms. The number of allylic oxidation sites excluding steroid dienone is 1. The third kappa shape index (κ3) is 5.58. The summed E-state index contributed by atoms with van der Waals surface area (Å²) in [6.07, 6.45) is 10.5. The maximum absolute atomic E-state index is 12.5. The summed E-state index contributed by atoms with van der Waals surface area (Å²) in [4.78, 5) is 14.9. The Labute approximate surface area is 156 Å². The molecule has 0 bridgehead atoms. The number of carbonyl (C=O) groups is 1. The van der Waals surface area contributed by atoms with Gasteiger partial charge in [-0.15, -0.1) is 0 Å². The topological polar surface area (TPSA) is 32.3 Å². The smallest absolute Gasteiger partial charge is 0.224 e. The van der Waals surface area contributed by atoms with Crippen LogP contribution in [0.25, 0.3) is 0 Å². The summed E-state index contributed by atoms with van der Waals surface area (Å²) in [5.41, 5.74) is 2.67. The van der Waals surface area contributed by atoms with E-state index in [1.807, 2.05) is 18.2 Å². The average molecular weight is 361 g/mol. The number of benzene rings is 1. The molecule has 3 nitrogen and oxygen atoms in total. The summed E-state index contributed by atoms with van der Waals surface area (Å²) in [7, 11) is 0. The molecule has 1 aliphatic carbocycles. The van der Waals surface area contributed by atoms with Crippen molar-refractivity contribution in [2.75, 3.05) is 19.6 Å². The highest BCUT2D eigenvalue weighted by atomic mass is 35.5. The van der Waals surface area contributed by atoms with Gasteiger partial charge >= 0.3 is 0 Å². The molecule has 2 aliphatic rings. The predicted octanol–water partition coefficient (Wildman–Crippen LogP) is 4.56. The molecule has 136 valence electrons. The van der Waals surface area contributed by atoms with E-state index >= 15 is 0 Å². The molecular formula is C21H29ClN2O. The Morgan fingerprint density at radius 1 is 1.24 bits per heavy atom. The van der Waals surface area contributed by atoms with Crippen molar-refractivity contribution >= 4 is 17.5 Å². The van der Waals surface area contributed by atoms with Crippen molar-refractivity contribution < 1.29 is 4.79 Å². The van der Waals surface area contributed by atoms with Gasteiger partial charge in [0.2, 0.25) is 5.91 Å². The molecule has 1 aromatic rings. The summed E-state index contributed by atoms with van der Waals surface area (Å²) in [6.45, 7) is 3.49. The molecule has 1 atom stereocenters. The third-order valence-electron chi connectivity index (χ3n) is 5.36. The Morgan fingerprint density at radius 2 is 2.12 bits per heavy atom. The largest absolute Gasteiger partial charge is 0.356 e. The number of piperidine rings is 1. The number of hydrogen-bond acceptors (Lipinski definition) is 2. The fraction of sp³-hybridized carbons (Fsp3) is 0.571. The molecular weight excluding hydrogens is 332 g/mol. The van der Waals surface area contributed by atoms with Crippen LogP contribution in [0.1, 0.15) is 50.5 Å². The molecule has 0 unspecified atom stereocenters. The van der Waals surface area contributed by atoms with Gasteiger partial charge in [0, 0.05) is 24.7 Å². The monoisotopic (exact) mass is 360 g/mol. The second kappa shape index (κ2) is 9.40. The highest BCUT2D eigenvalue weighted by Gasteiger charge is 2.25. The van der Waals surface area contributed by atoms with E-state index in [1.165, 1.54) is 31.3 Å². The van der Waals surface area contributed by atoms with E-state index in [2.05, 4.69) is 22.4 Å². The van der Waals surface area contributed by atoms with Crippen molar-refractivity contribution in [3.05, 3.63) is 46.5 Å². The van der Waals surface area contributed by atoms with Crippen LogP contribution in [-0.4, -0.2) is 30.4 Å². The fourth-order valence-electron chi connectivity index (χ4n) is 3.90. The lowest BCUT2D eigenvalue weighted by molar-refractivity contribution is -0.126. The minimum absolute atomic E-state index is 0.108. The Kier molecular flexibility index (Phi) is 6.94. The van der Waals surface area contributed by atoms with Crippen LogP contribution in [0.15, 0.2) is 35.9 Å². The van der Waals surface area contributed by atoms with Crippen LogP contribution in [0.5, 0.6) is 0 Å². The summed E-state index contributed by atoms with van der Waals surface area (Å²) < 4.78 is 0. The second-order valence-electron chi connectivity index (χ2n) is 7.31. The zero-order valence-corrected chi connectivity index (χ0v) is 15.7. The van der Waals surface area contributed by atoms with E-state index in [0.29, 0.717) is 0 Å². The van der Waals surface area contributed by atoms with Crippen molar-refractivity contribution in [2.45, 2.75) is 51.5 Å². The number of nitrogens with one attached hydrogen (secondary N) is 1. The number of nitrogens with zero attached hydrogens (tertiary/aromatic N) is 1.